The third-order valence-corrected chi connectivity index (χ3v) is 4.59. The van der Waals surface area contributed by atoms with Crippen LogP contribution in [0.2, 0.25) is 0 Å². The van der Waals surface area contributed by atoms with Gasteiger partial charge in [-0.3, -0.25) is 4.79 Å². The van der Waals surface area contributed by atoms with Gasteiger partial charge < -0.3 is 15.0 Å². The summed E-state index contributed by atoms with van der Waals surface area (Å²) in [6, 6.07) is 3.81. The molecule has 2 heterocycles. The SMILES string of the molecule is C[C@H]1OCCN[C@@H]1C(=O)N(C)Cc1ccc(Br)s1.Cl. The standard InChI is InChI=1S/C12H17BrN2O2S.ClH/c1-8-11(14-5-6-17-8)12(16)15(2)7-9-3-4-10(13)18-9;/h3-4,8,11,14H,5-7H2,1-2H3;1H/t8-,11+;/m1./s1. The fourth-order valence-electron chi connectivity index (χ4n) is 2.00. The highest BCUT2D eigenvalue weighted by Gasteiger charge is 2.30. The maximum Gasteiger partial charge on any atom is 0.242 e. The fraction of sp³-hybridized carbons (Fsp3) is 0.583. The lowest BCUT2D eigenvalue weighted by Gasteiger charge is -2.32. The second kappa shape index (κ2) is 7.59. The van der Waals surface area contributed by atoms with Gasteiger partial charge in [-0.05, 0) is 35.0 Å². The first-order chi connectivity index (χ1) is 8.58. The lowest BCUT2D eigenvalue weighted by molar-refractivity contribution is -0.138. The van der Waals surface area contributed by atoms with Gasteiger partial charge >= 0.3 is 0 Å². The van der Waals surface area contributed by atoms with Crippen molar-refractivity contribution in [1.82, 2.24) is 10.2 Å². The van der Waals surface area contributed by atoms with Gasteiger partial charge in [0.25, 0.3) is 0 Å². The van der Waals surface area contributed by atoms with E-state index < -0.39 is 0 Å². The van der Waals surface area contributed by atoms with Crippen molar-refractivity contribution in [2.75, 3.05) is 20.2 Å². The summed E-state index contributed by atoms with van der Waals surface area (Å²) >= 11 is 5.08. The smallest absolute Gasteiger partial charge is 0.242 e. The van der Waals surface area contributed by atoms with Crippen LogP contribution in [0.5, 0.6) is 0 Å². The van der Waals surface area contributed by atoms with Crippen molar-refractivity contribution < 1.29 is 9.53 Å². The highest BCUT2D eigenvalue weighted by molar-refractivity contribution is 9.11. The van der Waals surface area contributed by atoms with Crippen molar-refractivity contribution in [3.05, 3.63) is 20.8 Å². The van der Waals surface area contributed by atoms with Crippen LogP contribution in [-0.2, 0) is 16.1 Å². The number of nitrogens with one attached hydrogen (secondary N) is 1. The molecular weight excluding hydrogens is 352 g/mol. The zero-order chi connectivity index (χ0) is 13.1. The molecule has 1 fully saturated rings. The Labute approximate surface area is 132 Å². The molecule has 0 bridgehead atoms. The van der Waals surface area contributed by atoms with Crippen molar-refractivity contribution in [1.29, 1.82) is 0 Å². The van der Waals surface area contributed by atoms with E-state index in [4.69, 9.17) is 4.74 Å². The average molecular weight is 370 g/mol. The van der Waals surface area contributed by atoms with Crippen LogP contribution in [0.15, 0.2) is 15.9 Å². The normalized spacial score (nSPS) is 22.7. The Balaban J connectivity index is 0.00000180. The zero-order valence-corrected chi connectivity index (χ0v) is 14.1. The highest BCUT2D eigenvalue weighted by Crippen LogP contribution is 2.23. The van der Waals surface area contributed by atoms with E-state index in [1.165, 1.54) is 4.88 Å². The second-order valence-electron chi connectivity index (χ2n) is 4.41. The molecule has 1 saturated heterocycles. The van der Waals surface area contributed by atoms with E-state index >= 15 is 0 Å². The number of amides is 1. The fourth-order valence-corrected chi connectivity index (χ4v) is 3.53. The van der Waals surface area contributed by atoms with Crippen LogP contribution in [0.25, 0.3) is 0 Å². The minimum atomic E-state index is -0.229. The van der Waals surface area contributed by atoms with Crippen LogP contribution >= 0.6 is 39.7 Å². The largest absolute Gasteiger partial charge is 0.375 e. The minimum Gasteiger partial charge on any atom is -0.375 e. The molecule has 0 radical (unpaired) electrons. The molecule has 1 aromatic heterocycles. The van der Waals surface area contributed by atoms with Gasteiger partial charge in [-0.25, -0.2) is 0 Å². The first kappa shape index (κ1) is 16.9. The Morgan fingerprint density at radius 3 is 2.95 bits per heavy atom. The number of rotatable bonds is 3. The van der Waals surface area contributed by atoms with Gasteiger partial charge in [0, 0.05) is 18.5 Å². The maximum atomic E-state index is 12.3. The van der Waals surface area contributed by atoms with E-state index in [0.717, 1.165) is 10.3 Å². The van der Waals surface area contributed by atoms with E-state index in [9.17, 15) is 4.79 Å². The third kappa shape index (κ3) is 4.43. The Kier molecular flexibility index (Phi) is 6.76. The van der Waals surface area contributed by atoms with Crippen molar-refractivity contribution in [3.63, 3.8) is 0 Å². The summed E-state index contributed by atoms with van der Waals surface area (Å²) < 4.78 is 6.59. The molecule has 7 heteroatoms. The maximum absolute atomic E-state index is 12.3. The first-order valence-electron chi connectivity index (χ1n) is 5.92. The van der Waals surface area contributed by atoms with Gasteiger partial charge in [-0.1, -0.05) is 0 Å². The number of hydrogen-bond donors (Lipinski definition) is 1. The Morgan fingerprint density at radius 2 is 2.37 bits per heavy atom. The van der Waals surface area contributed by atoms with Gasteiger partial charge in [0.1, 0.15) is 6.04 Å². The number of likely N-dealkylation sites (N-methyl/N-ethyl adjacent to an activating group) is 1. The number of nitrogens with zero attached hydrogens (tertiary/aromatic N) is 1. The first-order valence-corrected chi connectivity index (χ1v) is 7.53. The number of morpholine rings is 1. The Hall–Kier alpha value is -0.140. The molecule has 1 aromatic rings. The van der Waals surface area contributed by atoms with Gasteiger partial charge in [-0.2, -0.15) is 0 Å². The molecule has 108 valence electrons. The van der Waals surface area contributed by atoms with Crippen LogP contribution in [-0.4, -0.2) is 43.2 Å². The van der Waals surface area contributed by atoms with E-state index in [1.807, 2.05) is 26.1 Å². The molecule has 1 N–H and O–H groups in total. The highest BCUT2D eigenvalue weighted by atomic mass is 79.9. The van der Waals surface area contributed by atoms with Crippen molar-refractivity contribution in [3.8, 4) is 0 Å². The molecule has 0 unspecified atom stereocenters. The topological polar surface area (TPSA) is 41.6 Å². The van der Waals surface area contributed by atoms with E-state index in [1.54, 1.807) is 16.2 Å². The summed E-state index contributed by atoms with van der Waals surface area (Å²) in [4.78, 5) is 15.2. The molecule has 1 aliphatic heterocycles. The number of halogens is 2. The lowest BCUT2D eigenvalue weighted by atomic mass is 10.1. The summed E-state index contributed by atoms with van der Waals surface area (Å²) in [7, 11) is 1.83. The van der Waals surface area contributed by atoms with Crippen LogP contribution in [0.4, 0.5) is 0 Å². The van der Waals surface area contributed by atoms with E-state index in [0.29, 0.717) is 13.2 Å². The lowest BCUT2D eigenvalue weighted by Crippen LogP contribution is -2.55. The Bertz CT molecular complexity index is 430. The predicted octanol–water partition coefficient (Wildman–Crippen LogP) is 2.27. The summed E-state index contributed by atoms with van der Waals surface area (Å²) in [5, 5.41) is 3.22. The van der Waals surface area contributed by atoms with Crippen LogP contribution < -0.4 is 5.32 Å². The van der Waals surface area contributed by atoms with E-state index in [-0.39, 0.29) is 30.5 Å². The minimum absolute atomic E-state index is 0. The number of ether oxygens (including phenoxy) is 1. The Morgan fingerprint density at radius 1 is 1.63 bits per heavy atom. The quantitative estimate of drug-likeness (QED) is 0.888. The van der Waals surface area contributed by atoms with Gasteiger partial charge in [0.15, 0.2) is 0 Å². The molecule has 0 spiro atoms. The summed E-state index contributed by atoms with van der Waals surface area (Å²) in [5.41, 5.74) is 0. The molecule has 0 saturated carbocycles. The molecule has 0 aliphatic carbocycles. The number of carbonyl (C=O) groups is 1. The van der Waals surface area contributed by atoms with Crippen molar-refractivity contribution in [2.24, 2.45) is 0 Å². The van der Waals surface area contributed by atoms with Gasteiger partial charge in [-0.15, -0.1) is 23.7 Å². The molecule has 2 atom stereocenters. The van der Waals surface area contributed by atoms with Gasteiger partial charge in [0.05, 0.1) is 23.0 Å². The van der Waals surface area contributed by atoms with E-state index in [2.05, 4.69) is 21.2 Å². The molecule has 2 rings (SSSR count). The third-order valence-electron chi connectivity index (χ3n) is 2.98. The zero-order valence-electron chi connectivity index (χ0n) is 10.9. The number of thiophene rings is 1. The van der Waals surface area contributed by atoms with Crippen molar-refractivity contribution >= 4 is 45.6 Å². The molecule has 4 nitrogen and oxygen atoms in total. The molecular formula is C12H18BrClN2O2S. The number of carbonyl (C=O) groups excluding carboxylic acids is 1. The molecule has 1 amide bonds. The van der Waals surface area contributed by atoms with Crippen LogP contribution in [0.1, 0.15) is 11.8 Å². The number of hydrogen-bond acceptors (Lipinski definition) is 4. The van der Waals surface area contributed by atoms with Crippen LogP contribution in [0, 0.1) is 0 Å². The monoisotopic (exact) mass is 368 g/mol. The molecule has 0 aromatic carbocycles. The predicted molar refractivity (Wildman–Crippen MR) is 82.9 cm³/mol. The van der Waals surface area contributed by atoms with Crippen LogP contribution in [0.3, 0.4) is 0 Å². The summed E-state index contributed by atoms with van der Waals surface area (Å²) in [5.74, 6) is 0.0896. The molecule has 19 heavy (non-hydrogen) atoms. The summed E-state index contributed by atoms with van der Waals surface area (Å²) in [6.45, 7) is 3.98. The second-order valence-corrected chi connectivity index (χ2v) is 6.96. The summed E-state index contributed by atoms with van der Waals surface area (Å²) in [6.07, 6.45) is -0.0660. The van der Waals surface area contributed by atoms with Gasteiger partial charge in [0.2, 0.25) is 5.91 Å². The van der Waals surface area contributed by atoms with Crippen molar-refractivity contribution in [2.45, 2.75) is 25.6 Å². The average Bonchev–Trinajstić information content (AvgIpc) is 2.74. The molecule has 1 aliphatic rings.